The van der Waals surface area contributed by atoms with Crippen LogP contribution in [0.4, 0.5) is 0 Å². The van der Waals surface area contributed by atoms with Gasteiger partial charge in [0, 0.05) is 6.61 Å². The van der Waals surface area contributed by atoms with Crippen molar-refractivity contribution in [2.45, 2.75) is 6.92 Å². The molecule has 0 aromatic carbocycles. The Morgan fingerprint density at radius 3 is 1.30 bits per heavy atom. The van der Waals surface area contributed by atoms with E-state index in [2.05, 4.69) is 0 Å². The molecular weight excluding hydrogens is 361 g/mol. The van der Waals surface area contributed by atoms with E-state index in [1.807, 2.05) is 0 Å². The first-order valence-corrected chi connectivity index (χ1v) is 3.12. The zero-order valence-corrected chi connectivity index (χ0v) is 9.98. The van der Waals surface area contributed by atoms with E-state index in [1.54, 1.807) is 6.92 Å². The summed E-state index contributed by atoms with van der Waals surface area (Å²) in [4.78, 5) is 0. The molecule has 0 spiro atoms. The van der Waals surface area contributed by atoms with Crippen molar-refractivity contribution in [2.24, 2.45) is 0 Å². The summed E-state index contributed by atoms with van der Waals surface area (Å²) in [6.45, 7) is 1.93. The van der Waals surface area contributed by atoms with Crippen LogP contribution in [-0.4, -0.2) is 61.3 Å². The van der Waals surface area contributed by atoms with Crippen LogP contribution in [0.15, 0.2) is 0 Å². The summed E-state index contributed by atoms with van der Waals surface area (Å²) in [5.41, 5.74) is 0. The summed E-state index contributed by atoms with van der Waals surface area (Å²) < 4.78 is 31.6. The van der Waals surface area contributed by atoms with Gasteiger partial charge in [-0.2, -0.15) is 8.42 Å². The van der Waals surface area contributed by atoms with Crippen LogP contribution >= 0.6 is 0 Å². The normalized spacial score (nSPS) is 7.60. The molecule has 0 radical (unpaired) electrons. The Bertz CT molecular complexity index is 110. The van der Waals surface area contributed by atoms with E-state index in [4.69, 9.17) is 22.6 Å². The van der Waals surface area contributed by atoms with Gasteiger partial charge in [-0.3, -0.25) is 9.11 Å². The summed E-state index contributed by atoms with van der Waals surface area (Å²) in [7, 11) is -4.67. The first-order chi connectivity index (χ1) is 3.41. The maximum absolute atomic E-state index is 8.74. The third-order valence-corrected chi connectivity index (χ3v) is 0. The number of hydrogen-bond donors (Lipinski definition) is 3. The van der Waals surface area contributed by atoms with Gasteiger partial charge >= 0.3 is 37.0 Å². The fourth-order valence-electron chi connectivity index (χ4n) is 0. The molecule has 0 aromatic rings. The average molecular weight is 373 g/mol. The maximum atomic E-state index is 8.74. The van der Waals surface area contributed by atoms with E-state index in [1.165, 1.54) is 0 Å². The molecule has 0 amide bonds. The number of rotatable bonds is 0. The van der Waals surface area contributed by atoms with Crippen LogP contribution in [0.5, 0.6) is 0 Å². The Morgan fingerprint density at radius 1 is 1.30 bits per heavy atom. The second-order valence-electron chi connectivity index (χ2n) is 0.764. The molecule has 0 rings (SSSR count). The van der Waals surface area contributed by atoms with E-state index >= 15 is 0 Å². The zero-order valence-electron chi connectivity index (χ0n) is 5.27. The van der Waals surface area contributed by atoms with Crippen molar-refractivity contribution in [3.05, 3.63) is 0 Å². The molecule has 68 valence electrons. The van der Waals surface area contributed by atoms with Crippen LogP contribution in [0, 0.1) is 0 Å². The third-order valence-electron chi connectivity index (χ3n) is 0. The molecule has 0 aliphatic carbocycles. The molecule has 0 fully saturated rings. The van der Waals surface area contributed by atoms with Gasteiger partial charge in [0.25, 0.3) is 0 Å². The SMILES string of the molecule is CCO.O.O=S(=O)(O)O.[PoH2]. The molecule has 0 bridgehead atoms. The van der Waals surface area contributed by atoms with Gasteiger partial charge in [0.1, 0.15) is 0 Å². The molecule has 8 heteroatoms. The van der Waals surface area contributed by atoms with Gasteiger partial charge in [-0.25, -0.2) is 0 Å². The van der Waals surface area contributed by atoms with Crippen molar-refractivity contribution < 1.29 is 28.1 Å². The second kappa shape index (κ2) is 12.4. The van der Waals surface area contributed by atoms with Gasteiger partial charge in [0.2, 0.25) is 0 Å². The summed E-state index contributed by atoms with van der Waals surface area (Å²) in [6, 6.07) is 0. The first kappa shape index (κ1) is 22.4. The second-order valence-corrected chi connectivity index (χ2v) is 1.66. The summed E-state index contributed by atoms with van der Waals surface area (Å²) in [5, 5.41) is 7.57. The summed E-state index contributed by atoms with van der Waals surface area (Å²) >= 11 is 0. The average Bonchev–Trinajstić information content (AvgIpc) is 1.27. The molecule has 5 N–H and O–H groups in total. The molecule has 0 heterocycles. The predicted octanol–water partition coefficient (Wildman–Crippen LogP) is -2.40. The molecule has 0 saturated heterocycles. The third kappa shape index (κ3) is 1090. The van der Waals surface area contributed by atoms with E-state index in [0.29, 0.717) is 0 Å². The number of aliphatic hydroxyl groups is 1. The van der Waals surface area contributed by atoms with Crippen molar-refractivity contribution in [1.82, 2.24) is 0 Å². The molecule has 0 saturated carbocycles. The Balaban J connectivity index is -0.0000000326. The molecule has 0 aromatic heterocycles. The predicted molar refractivity (Wildman–Crippen MR) is 39.1 cm³/mol. The fourth-order valence-corrected chi connectivity index (χ4v) is 0. The van der Waals surface area contributed by atoms with Gasteiger partial charge in [0.05, 0.1) is 0 Å². The quantitative estimate of drug-likeness (QED) is 0.409. The topological polar surface area (TPSA) is 126 Å². The van der Waals surface area contributed by atoms with E-state index in [0.717, 1.165) is 0 Å². The first-order valence-electron chi connectivity index (χ1n) is 1.72. The standard InChI is InChI=1S/C2H6O.H2O4S.H2O.Po.2H/c1-2-3;1-5(2,3)4;;;;/h3H,2H2,1H3;(H2,1,2,3,4);1H2;;;. The van der Waals surface area contributed by atoms with Crippen molar-refractivity contribution in [1.29, 1.82) is 0 Å². The van der Waals surface area contributed by atoms with Gasteiger partial charge in [-0.15, -0.1) is 0 Å². The molecule has 0 aliphatic rings. The molecule has 0 unspecified atom stereocenters. The monoisotopic (exact) mass is 373 g/mol. The van der Waals surface area contributed by atoms with E-state index < -0.39 is 10.4 Å². The van der Waals surface area contributed by atoms with Gasteiger partial charge in [-0.05, 0) is 6.92 Å². The van der Waals surface area contributed by atoms with E-state index in [9.17, 15) is 0 Å². The number of aliphatic hydroxyl groups excluding tert-OH is 1. The van der Waals surface area contributed by atoms with E-state index in [-0.39, 0.29) is 38.6 Å². The molecule has 6 nitrogen and oxygen atoms in total. The van der Waals surface area contributed by atoms with Crippen molar-refractivity contribution in [3.63, 3.8) is 0 Å². The fraction of sp³-hybridized carbons (Fsp3) is 1.00. The summed E-state index contributed by atoms with van der Waals surface area (Å²) in [5.74, 6) is 0. The Labute approximate surface area is 78.6 Å². The van der Waals surface area contributed by atoms with Gasteiger partial charge in [-0.1, -0.05) is 0 Å². The molecule has 0 atom stereocenters. The van der Waals surface area contributed by atoms with Crippen LogP contribution in [-0.2, 0) is 10.4 Å². The van der Waals surface area contributed by atoms with Gasteiger partial charge < -0.3 is 10.6 Å². The van der Waals surface area contributed by atoms with Crippen LogP contribution in [0.1, 0.15) is 6.92 Å². The molecule has 0 aliphatic heterocycles. The number of hydrogen-bond acceptors (Lipinski definition) is 3. The van der Waals surface area contributed by atoms with Crippen molar-refractivity contribution in [2.75, 3.05) is 6.61 Å². The van der Waals surface area contributed by atoms with Crippen LogP contribution in [0.25, 0.3) is 0 Å². The minimum atomic E-state index is -4.67. The van der Waals surface area contributed by atoms with Crippen LogP contribution in [0.3, 0.4) is 0 Å². The zero-order chi connectivity index (χ0) is 7.21. The Hall–Kier alpha value is 0.686. The summed E-state index contributed by atoms with van der Waals surface area (Å²) in [6.07, 6.45) is 0. The Kier molecular flexibility index (Phi) is 27.7. The van der Waals surface area contributed by atoms with Gasteiger partial charge in [0.15, 0.2) is 0 Å². The Morgan fingerprint density at radius 2 is 1.30 bits per heavy atom. The van der Waals surface area contributed by atoms with Crippen LogP contribution < -0.4 is 0 Å². The molecular formula is C2H12O6PoS. The molecule has 10 heavy (non-hydrogen) atoms. The van der Waals surface area contributed by atoms with Crippen molar-refractivity contribution in [3.8, 4) is 0 Å². The van der Waals surface area contributed by atoms with Crippen molar-refractivity contribution >= 4 is 37.0 Å². The minimum absolute atomic E-state index is 0. The van der Waals surface area contributed by atoms with Crippen LogP contribution in [0.2, 0.25) is 0 Å².